The average Bonchev–Trinajstić information content (AvgIpc) is 2.38. The van der Waals surface area contributed by atoms with Crippen LogP contribution < -0.4 is 5.69 Å². The zero-order valence-electron chi connectivity index (χ0n) is 9.71. The fourth-order valence-electron chi connectivity index (χ4n) is 1.94. The minimum Gasteiger partial charge on any atom is -0.394 e. The summed E-state index contributed by atoms with van der Waals surface area (Å²) in [4.78, 5) is 14.1. The van der Waals surface area contributed by atoms with Gasteiger partial charge in [0.2, 0.25) is 0 Å². The molecule has 5 N–H and O–H groups in total. The van der Waals surface area contributed by atoms with E-state index in [1.54, 1.807) is 0 Å². The van der Waals surface area contributed by atoms with Crippen molar-refractivity contribution in [1.29, 1.82) is 0 Å². The van der Waals surface area contributed by atoms with Crippen molar-refractivity contribution >= 4 is 12.2 Å². The van der Waals surface area contributed by atoms with Crippen molar-refractivity contribution in [2.24, 2.45) is 0 Å². The molecule has 0 aliphatic carbocycles. The Hall–Kier alpha value is -1.10. The number of aromatic amines is 1. The van der Waals surface area contributed by atoms with Crippen LogP contribution in [0.25, 0.3) is 0 Å². The fourth-order valence-corrected chi connectivity index (χ4v) is 2.09. The monoisotopic (exact) mass is 290 g/mol. The highest BCUT2D eigenvalue weighted by atomic mass is 32.1. The van der Waals surface area contributed by atoms with Gasteiger partial charge in [-0.3, -0.25) is 9.55 Å². The summed E-state index contributed by atoms with van der Waals surface area (Å²) < 4.78 is 6.45. The Labute approximate surface area is 112 Å². The van der Waals surface area contributed by atoms with E-state index >= 15 is 0 Å². The fraction of sp³-hybridized carbons (Fsp3) is 0.600. The minimum absolute atomic E-state index is 0.214. The zero-order valence-corrected chi connectivity index (χ0v) is 10.5. The Morgan fingerprint density at radius 2 is 2.00 bits per heavy atom. The van der Waals surface area contributed by atoms with Crippen LogP contribution in [-0.4, -0.2) is 61.0 Å². The average molecular weight is 290 g/mol. The summed E-state index contributed by atoms with van der Waals surface area (Å²) in [5.41, 5.74) is -0.628. The van der Waals surface area contributed by atoms with Gasteiger partial charge in [0, 0.05) is 6.20 Å². The number of aromatic nitrogens is 2. The first-order valence-corrected chi connectivity index (χ1v) is 5.98. The highest BCUT2D eigenvalue weighted by molar-refractivity contribution is 7.71. The molecule has 0 unspecified atom stereocenters. The van der Waals surface area contributed by atoms with E-state index in [0.717, 1.165) is 4.57 Å². The van der Waals surface area contributed by atoms with Crippen LogP contribution in [0.4, 0.5) is 0 Å². The molecule has 0 spiro atoms. The lowest BCUT2D eigenvalue weighted by molar-refractivity contribution is -0.252. The van der Waals surface area contributed by atoms with Crippen LogP contribution in [0.3, 0.4) is 0 Å². The molecule has 0 saturated carbocycles. The highest BCUT2D eigenvalue weighted by Gasteiger charge is 2.44. The molecule has 0 radical (unpaired) electrons. The molecule has 1 aromatic rings. The lowest BCUT2D eigenvalue weighted by atomic mass is 9.98. The van der Waals surface area contributed by atoms with Crippen molar-refractivity contribution in [1.82, 2.24) is 9.55 Å². The third kappa shape index (κ3) is 2.61. The predicted molar refractivity (Wildman–Crippen MR) is 64.9 cm³/mol. The second-order valence-electron chi connectivity index (χ2n) is 4.24. The van der Waals surface area contributed by atoms with Crippen molar-refractivity contribution in [3.8, 4) is 0 Å². The molecule has 19 heavy (non-hydrogen) atoms. The molecule has 0 bridgehead atoms. The van der Waals surface area contributed by atoms with Crippen molar-refractivity contribution in [3.63, 3.8) is 0 Å². The number of nitrogens with zero attached hydrogens (tertiary/aromatic N) is 1. The van der Waals surface area contributed by atoms with Crippen molar-refractivity contribution < 1.29 is 25.2 Å². The molecule has 1 aromatic heterocycles. The highest BCUT2D eigenvalue weighted by Crippen LogP contribution is 2.26. The lowest BCUT2D eigenvalue weighted by Gasteiger charge is -2.40. The van der Waals surface area contributed by atoms with Crippen LogP contribution in [0.15, 0.2) is 17.1 Å². The van der Waals surface area contributed by atoms with Crippen LogP contribution in [0.1, 0.15) is 6.23 Å². The standard InChI is InChI=1S/C10H14N2O6S/c13-3-4-6(14)7(15)8(16)9(18-4)12-2-1-5(19)11-10(12)17/h1-2,4,6-9,13-16H,3H2,(H,11,17,19)/t4-,6+,7+,8-,9-/m1/s1. The third-order valence-corrected chi connectivity index (χ3v) is 3.23. The minimum atomic E-state index is -1.54. The summed E-state index contributed by atoms with van der Waals surface area (Å²) >= 11 is 4.78. The van der Waals surface area contributed by atoms with Gasteiger partial charge in [-0.25, -0.2) is 4.79 Å². The first-order valence-electron chi connectivity index (χ1n) is 5.57. The third-order valence-electron chi connectivity index (χ3n) is 2.99. The van der Waals surface area contributed by atoms with Crippen LogP contribution in [0, 0.1) is 4.64 Å². The number of hydrogen-bond acceptors (Lipinski definition) is 7. The van der Waals surface area contributed by atoms with E-state index in [1.165, 1.54) is 12.3 Å². The van der Waals surface area contributed by atoms with Crippen molar-refractivity contribution in [3.05, 3.63) is 27.4 Å². The summed E-state index contributed by atoms with van der Waals surface area (Å²) in [5, 5.41) is 38.2. The second kappa shape index (κ2) is 5.49. The number of rotatable bonds is 2. The predicted octanol–water partition coefficient (Wildman–Crippen LogP) is -2.12. The van der Waals surface area contributed by atoms with Gasteiger partial charge >= 0.3 is 5.69 Å². The van der Waals surface area contributed by atoms with Crippen LogP contribution in [0.2, 0.25) is 0 Å². The number of ether oxygens (including phenoxy) is 1. The van der Waals surface area contributed by atoms with Crippen LogP contribution >= 0.6 is 12.2 Å². The number of nitrogens with one attached hydrogen (secondary N) is 1. The Bertz CT molecular complexity index is 555. The molecular formula is C10H14N2O6S. The van der Waals surface area contributed by atoms with Gasteiger partial charge in [0.15, 0.2) is 6.23 Å². The van der Waals surface area contributed by atoms with Gasteiger partial charge in [0.05, 0.1) is 6.61 Å². The summed E-state index contributed by atoms with van der Waals surface area (Å²) in [6.45, 7) is -0.557. The van der Waals surface area contributed by atoms with E-state index in [-0.39, 0.29) is 4.64 Å². The molecule has 8 nitrogen and oxygen atoms in total. The molecule has 1 aliphatic rings. The van der Waals surface area contributed by atoms with Gasteiger partial charge in [-0.15, -0.1) is 0 Å². The Morgan fingerprint density at radius 3 is 2.58 bits per heavy atom. The van der Waals surface area contributed by atoms with Gasteiger partial charge in [-0.1, -0.05) is 12.2 Å². The number of hydrogen-bond donors (Lipinski definition) is 5. The molecule has 5 atom stereocenters. The molecule has 106 valence electrons. The number of aliphatic hydroxyl groups is 4. The Balaban J connectivity index is 2.38. The molecule has 1 aliphatic heterocycles. The molecule has 0 amide bonds. The molecule has 0 aromatic carbocycles. The van der Waals surface area contributed by atoms with E-state index in [0.29, 0.717) is 0 Å². The summed E-state index contributed by atoms with van der Waals surface area (Å²) in [6.07, 6.45) is -5.51. The largest absolute Gasteiger partial charge is 0.394 e. The molecule has 2 heterocycles. The van der Waals surface area contributed by atoms with Crippen LogP contribution in [0.5, 0.6) is 0 Å². The first-order chi connectivity index (χ1) is 8.95. The summed E-state index contributed by atoms with van der Waals surface area (Å²) in [6, 6.07) is 1.41. The maximum atomic E-state index is 11.7. The maximum absolute atomic E-state index is 11.7. The molecule has 1 fully saturated rings. The number of H-pyrrole nitrogens is 1. The molecule has 1 saturated heterocycles. The molecule has 9 heteroatoms. The van der Waals surface area contributed by atoms with E-state index in [2.05, 4.69) is 4.98 Å². The molecule has 2 rings (SSSR count). The topological polar surface area (TPSA) is 128 Å². The van der Waals surface area contributed by atoms with Crippen LogP contribution in [-0.2, 0) is 4.74 Å². The van der Waals surface area contributed by atoms with Crippen molar-refractivity contribution in [2.75, 3.05) is 6.61 Å². The van der Waals surface area contributed by atoms with Gasteiger partial charge in [-0.05, 0) is 6.07 Å². The Kier molecular flexibility index (Phi) is 4.13. The van der Waals surface area contributed by atoms with Gasteiger partial charge in [0.1, 0.15) is 29.1 Å². The lowest BCUT2D eigenvalue weighted by Crippen LogP contribution is -2.57. The number of aliphatic hydroxyl groups excluding tert-OH is 4. The molecular weight excluding hydrogens is 276 g/mol. The first kappa shape index (κ1) is 14.3. The van der Waals surface area contributed by atoms with Crippen molar-refractivity contribution in [2.45, 2.75) is 30.6 Å². The van der Waals surface area contributed by atoms with Gasteiger partial charge in [-0.2, -0.15) is 0 Å². The quantitative estimate of drug-likeness (QED) is 0.394. The van der Waals surface area contributed by atoms with E-state index < -0.39 is 42.9 Å². The van der Waals surface area contributed by atoms with E-state index in [1.807, 2.05) is 0 Å². The summed E-state index contributed by atoms with van der Waals surface area (Å²) in [7, 11) is 0. The normalized spacial score (nSPS) is 35.3. The Morgan fingerprint density at radius 1 is 1.32 bits per heavy atom. The van der Waals surface area contributed by atoms with Gasteiger partial charge in [0.25, 0.3) is 0 Å². The van der Waals surface area contributed by atoms with E-state index in [9.17, 15) is 20.1 Å². The smallest absolute Gasteiger partial charge is 0.328 e. The second-order valence-corrected chi connectivity index (χ2v) is 4.68. The zero-order chi connectivity index (χ0) is 14.2. The maximum Gasteiger partial charge on any atom is 0.328 e. The summed E-state index contributed by atoms with van der Waals surface area (Å²) in [5.74, 6) is 0. The SMILES string of the molecule is O=c1[nH]c(=S)ccn1[C@@H]1O[C@H](CO)[C@H](O)[C@H](O)[C@H]1O. The van der Waals surface area contributed by atoms with Gasteiger partial charge < -0.3 is 25.2 Å². The van der Waals surface area contributed by atoms with E-state index in [4.69, 9.17) is 22.1 Å².